The maximum Gasteiger partial charge on any atom is 0.337 e. The molecule has 54 heavy (non-hydrogen) atoms. The monoisotopic (exact) mass is 747 g/mol. The van der Waals surface area contributed by atoms with Gasteiger partial charge in [0, 0.05) is 54.2 Å². The lowest BCUT2D eigenvalue weighted by atomic mass is 9.99. The Morgan fingerprint density at radius 2 is 1.56 bits per heavy atom. The number of aryl methyl sites for hydroxylation is 2. The number of rotatable bonds is 13. The summed E-state index contributed by atoms with van der Waals surface area (Å²) in [7, 11) is -3.22. The quantitative estimate of drug-likeness (QED) is 0.125. The van der Waals surface area contributed by atoms with Crippen LogP contribution in [0.3, 0.4) is 0 Å². The van der Waals surface area contributed by atoms with Gasteiger partial charge in [-0.15, -0.1) is 0 Å². The Morgan fingerprint density at radius 3 is 2.24 bits per heavy atom. The number of carboxylic acids is 1. The van der Waals surface area contributed by atoms with Gasteiger partial charge in [0.2, 0.25) is 5.91 Å². The van der Waals surface area contributed by atoms with Crippen LogP contribution in [0.4, 0.5) is 0 Å². The van der Waals surface area contributed by atoms with Crippen LogP contribution >= 0.6 is 0 Å². The molecule has 2 aromatic heterocycles. The van der Waals surface area contributed by atoms with Gasteiger partial charge >= 0.3 is 5.97 Å². The number of likely N-dealkylation sites (N-methyl/N-ethyl adjacent to an activating group) is 1. The second-order valence-electron chi connectivity index (χ2n) is 13.0. The Morgan fingerprint density at radius 1 is 0.870 bits per heavy atom. The van der Waals surface area contributed by atoms with Gasteiger partial charge in [-0.1, -0.05) is 76.9 Å². The number of aromatic nitrogens is 2. The molecule has 0 saturated heterocycles. The fourth-order valence-electron chi connectivity index (χ4n) is 6.38. The zero-order valence-electron chi connectivity index (χ0n) is 29.6. The highest BCUT2D eigenvalue weighted by atomic mass is 32.2. The number of carbonyl (C=O) groups is 4. The summed E-state index contributed by atoms with van der Waals surface area (Å²) < 4.78 is 34.2. The van der Waals surface area contributed by atoms with E-state index in [1.807, 2.05) is 42.8 Å². The minimum atomic E-state index is -4.72. The van der Waals surface area contributed by atoms with Gasteiger partial charge in [0.05, 0.1) is 11.8 Å². The van der Waals surface area contributed by atoms with Crippen molar-refractivity contribution < 1.29 is 37.2 Å². The van der Waals surface area contributed by atoms with E-state index in [0.717, 1.165) is 39.7 Å². The molecule has 0 unspecified atom stereocenters. The second kappa shape index (κ2) is 15.6. The molecule has 0 aliphatic carbocycles. The Kier molecular flexibility index (Phi) is 10.8. The lowest BCUT2D eigenvalue weighted by molar-refractivity contribution is -0.130. The number of amides is 3. The summed E-state index contributed by atoms with van der Waals surface area (Å²) in [4.78, 5) is 58.1. The van der Waals surface area contributed by atoms with Crippen LogP contribution in [0.25, 0.3) is 22.2 Å². The van der Waals surface area contributed by atoms with Crippen LogP contribution in [0.5, 0.6) is 0 Å². The number of sulfonamides is 1. The van der Waals surface area contributed by atoms with Gasteiger partial charge in [0.15, 0.2) is 5.76 Å². The van der Waals surface area contributed by atoms with Gasteiger partial charge in [-0.25, -0.2) is 17.9 Å². The third-order valence-corrected chi connectivity index (χ3v) is 10.4. The van der Waals surface area contributed by atoms with Crippen LogP contribution in [0, 0.1) is 13.8 Å². The standard InChI is InChI=1S/C40H37N5O8S/c1-24-18-25(2)20-28(19-24)39(48)45(3)34(21-26-12-14-27(15-13-26)35-16-17-42-53-35)38(47)43-33(22-29-23-41-32-10-6-4-8-30(29)32)37(46)44-54(51,52)36-11-7-5-9-31(36)40(49)50/h4-20,23,33-34,41H,21-22H2,1-3H3,(H,43,47)(H,44,46)(H,49,50)/t33-,34+/m0/s1. The van der Waals surface area contributed by atoms with Crippen molar-refractivity contribution in [2.24, 2.45) is 0 Å². The van der Waals surface area contributed by atoms with E-state index in [-0.39, 0.29) is 12.8 Å². The van der Waals surface area contributed by atoms with Gasteiger partial charge in [0.1, 0.15) is 17.0 Å². The number of aromatic amines is 1. The lowest BCUT2D eigenvalue weighted by Crippen LogP contribution is -2.56. The molecule has 0 aliphatic rings. The van der Waals surface area contributed by atoms with E-state index in [9.17, 15) is 32.7 Å². The third kappa shape index (κ3) is 8.24. The van der Waals surface area contributed by atoms with E-state index >= 15 is 0 Å². The Bertz CT molecular complexity index is 2440. The number of hydrogen-bond donors (Lipinski definition) is 4. The molecule has 14 heteroatoms. The third-order valence-electron chi connectivity index (χ3n) is 9.04. The molecule has 2 heterocycles. The number of carbonyl (C=O) groups excluding carboxylic acids is 3. The minimum absolute atomic E-state index is 0.0290. The summed E-state index contributed by atoms with van der Waals surface area (Å²) >= 11 is 0. The van der Waals surface area contributed by atoms with Crippen molar-refractivity contribution in [2.75, 3.05) is 7.05 Å². The largest absolute Gasteiger partial charge is 0.478 e. The maximum atomic E-state index is 14.5. The highest BCUT2D eigenvalue weighted by Gasteiger charge is 2.34. The Hall–Kier alpha value is -6.54. The average Bonchev–Trinajstić information content (AvgIpc) is 3.84. The number of carboxylic acid groups (broad SMARTS) is 1. The first-order chi connectivity index (χ1) is 25.8. The van der Waals surface area contributed by atoms with Crippen LogP contribution in [0.2, 0.25) is 0 Å². The molecule has 4 N–H and O–H groups in total. The van der Waals surface area contributed by atoms with E-state index in [1.54, 1.807) is 54.7 Å². The van der Waals surface area contributed by atoms with Crippen LogP contribution in [-0.2, 0) is 32.5 Å². The number of nitrogens with zero attached hydrogens (tertiary/aromatic N) is 2. The first-order valence-electron chi connectivity index (χ1n) is 16.9. The van der Waals surface area contributed by atoms with Crippen LogP contribution in [-0.4, -0.2) is 71.4 Å². The highest BCUT2D eigenvalue weighted by molar-refractivity contribution is 7.90. The number of H-pyrrole nitrogens is 1. The molecule has 6 aromatic rings. The minimum Gasteiger partial charge on any atom is -0.478 e. The van der Waals surface area contributed by atoms with E-state index in [4.69, 9.17) is 4.52 Å². The van der Waals surface area contributed by atoms with Crippen molar-refractivity contribution in [3.05, 3.63) is 143 Å². The molecule has 0 aliphatic heterocycles. The lowest BCUT2D eigenvalue weighted by Gasteiger charge is -2.29. The highest BCUT2D eigenvalue weighted by Crippen LogP contribution is 2.23. The van der Waals surface area contributed by atoms with E-state index in [2.05, 4.69) is 15.5 Å². The fourth-order valence-corrected chi connectivity index (χ4v) is 7.60. The Labute approximate surface area is 311 Å². The molecule has 4 aromatic carbocycles. The average molecular weight is 748 g/mol. The summed E-state index contributed by atoms with van der Waals surface area (Å²) in [5.74, 6) is -3.22. The molecule has 0 saturated carbocycles. The first-order valence-corrected chi connectivity index (χ1v) is 18.4. The molecule has 2 atom stereocenters. The number of para-hydroxylation sites is 1. The van der Waals surface area contributed by atoms with Crippen molar-refractivity contribution in [3.63, 3.8) is 0 Å². The summed E-state index contributed by atoms with van der Waals surface area (Å²) in [6.07, 6.45) is 3.07. The summed E-state index contributed by atoms with van der Waals surface area (Å²) in [5.41, 5.74) is 4.34. The van der Waals surface area contributed by atoms with Crippen molar-refractivity contribution in [2.45, 2.75) is 43.7 Å². The van der Waals surface area contributed by atoms with E-state index in [1.165, 1.54) is 30.3 Å². The number of hydrogen-bond acceptors (Lipinski definition) is 8. The molecule has 0 fully saturated rings. The molecule has 0 radical (unpaired) electrons. The smallest absolute Gasteiger partial charge is 0.337 e. The summed E-state index contributed by atoms with van der Waals surface area (Å²) in [5, 5.41) is 16.9. The SMILES string of the molecule is Cc1cc(C)cc(C(=O)N(C)[C@H](Cc2ccc(-c3ccno3)cc2)C(=O)N[C@@H](Cc2c[nH]c3ccccc23)C(=O)NS(=O)(=O)c2ccccc2C(=O)O)c1. The first kappa shape index (κ1) is 37.2. The predicted octanol–water partition coefficient (Wildman–Crippen LogP) is 5.05. The molecule has 3 amide bonds. The summed E-state index contributed by atoms with van der Waals surface area (Å²) in [6, 6.07) is 23.8. The molecule has 13 nitrogen and oxygen atoms in total. The summed E-state index contributed by atoms with van der Waals surface area (Å²) in [6.45, 7) is 3.72. The number of fused-ring (bicyclic) bond motifs is 1. The van der Waals surface area contributed by atoms with Crippen LogP contribution in [0.15, 0.2) is 119 Å². The molecular weight excluding hydrogens is 711 g/mol. The molecule has 0 bridgehead atoms. The molecular formula is C40H37N5O8S. The van der Waals surface area contributed by atoms with Crippen molar-refractivity contribution in [1.82, 2.24) is 25.1 Å². The zero-order chi connectivity index (χ0) is 38.6. The van der Waals surface area contributed by atoms with Gasteiger partial charge in [-0.05, 0) is 55.3 Å². The predicted molar refractivity (Wildman–Crippen MR) is 200 cm³/mol. The van der Waals surface area contributed by atoms with Crippen molar-refractivity contribution in [1.29, 1.82) is 0 Å². The second-order valence-corrected chi connectivity index (χ2v) is 14.6. The molecule has 0 spiro atoms. The van der Waals surface area contributed by atoms with Gasteiger partial charge in [0.25, 0.3) is 21.8 Å². The van der Waals surface area contributed by atoms with Crippen molar-refractivity contribution in [3.8, 4) is 11.3 Å². The van der Waals surface area contributed by atoms with Gasteiger partial charge in [-0.2, -0.15) is 0 Å². The number of aromatic carboxylic acids is 1. The fraction of sp³-hybridized carbons (Fsp3) is 0.175. The van der Waals surface area contributed by atoms with Crippen LogP contribution in [0.1, 0.15) is 43.0 Å². The maximum absolute atomic E-state index is 14.5. The van der Waals surface area contributed by atoms with Gasteiger partial charge < -0.3 is 24.8 Å². The van der Waals surface area contributed by atoms with Crippen molar-refractivity contribution >= 4 is 44.6 Å². The van der Waals surface area contributed by atoms with Crippen LogP contribution < -0.4 is 10.0 Å². The Balaban J connectivity index is 1.35. The number of nitrogens with one attached hydrogen (secondary N) is 3. The van der Waals surface area contributed by atoms with Gasteiger partial charge in [-0.3, -0.25) is 14.4 Å². The van der Waals surface area contributed by atoms with E-state index < -0.39 is 56.3 Å². The normalized spacial score (nSPS) is 12.5. The zero-order valence-corrected chi connectivity index (χ0v) is 30.4. The topological polar surface area (TPSA) is 192 Å². The van der Waals surface area contributed by atoms with E-state index in [0.29, 0.717) is 22.5 Å². The number of benzene rings is 4. The molecule has 6 rings (SSSR count). The molecule has 276 valence electrons.